The normalized spacial score (nSPS) is 18.9. The van der Waals surface area contributed by atoms with Crippen LogP contribution in [0.2, 0.25) is 5.02 Å². The fourth-order valence-electron chi connectivity index (χ4n) is 3.78. The Morgan fingerprint density at radius 3 is 2.58 bits per heavy atom. The van der Waals surface area contributed by atoms with Gasteiger partial charge in [-0.1, -0.05) is 24.6 Å². The van der Waals surface area contributed by atoms with E-state index in [1.54, 1.807) is 36.6 Å². The Morgan fingerprint density at radius 1 is 1.17 bits per heavy atom. The Kier molecular flexibility index (Phi) is 8.03. The Bertz CT molecular complexity index is 1280. The van der Waals surface area contributed by atoms with Gasteiger partial charge in [-0.15, -0.1) is 10.2 Å². The molecule has 1 N–H and O–H groups in total. The van der Waals surface area contributed by atoms with Crippen LogP contribution in [0.5, 0.6) is 5.88 Å². The van der Waals surface area contributed by atoms with Gasteiger partial charge in [-0.2, -0.15) is 0 Å². The van der Waals surface area contributed by atoms with Crippen LogP contribution in [0.25, 0.3) is 11.5 Å². The van der Waals surface area contributed by atoms with E-state index < -0.39 is 21.2 Å². The quantitative estimate of drug-likeness (QED) is 0.432. The number of pyridine rings is 1. The Morgan fingerprint density at radius 2 is 1.92 bits per heavy atom. The third kappa shape index (κ3) is 5.59. The van der Waals surface area contributed by atoms with Crippen molar-refractivity contribution in [2.24, 2.45) is 0 Å². The second-order valence-corrected chi connectivity index (χ2v) is 10.9. The van der Waals surface area contributed by atoms with Gasteiger partial charge in [0, 0.05) is 24.4 Å². The topological polar surface area (TPSA) is 143 Å². The van der Waals surface area contributed by atoms with Crippen molar-refractivity contribution in [1.29, 1.82) is 0 Å². The molecule has 0 aliphatic carbocycles. The highest BCUT2D eigenvalue weighted by atomic mass is 35.5. The van der Waals surface area contributed by atoms with Crippen molar-refractivity contribution in [3.63, 3.8) is 0 Å². The molecule has 1 aliphatic heterocycles. The molecule has 36 heavy (non-hydrogen) atoms. The molecule has 4 rings (SSSR count). The number of nitrogens with one attached hydrogen (secondary N) is 1. The molecule has 14 heteroatoms. The summed E-state index contributed by atoms with van der Waals surface area (Å²) in [4.78, 5) is 12.8. The largest absolute Gasteiger partial charge is 0.481 e. The maximum atomic E-state index is 13.4. The van der Waals surface area contributed by atoms with Crippen LogP contribution in [0.4, 0.5) is 5.95 Å². The van der Waals surface area contributed by atoms with Gasteiger partial charge in [0.05, 0.1) is 43.2 Å². The highest BCUT2D eigenvalue weighted by Crippen LogP contribution is 2.30. The molecule has 1 aliphatic rings. The fraction of sp³-hybridized carbons (Fsp3) is 0.500. The van der Waals surface area contributed by atoms with Crippen molar-refractivity contribution in [3.8, 4) is 17.4 Å². The first-order valence-electron chi connectivity index (χ1n) is 11.4. The van der Waals surface area contributed by atoms with E-state index in [2.05, 4.69) is 29.9 Å². The van der Waals surface area contributed by atoms with E-state index in [0.29, 0.717) is 48.1 Å². The average molecular weight is 538 g/mol. The van der Waals surface area contributed by atoms with Crippen molar-refractivity contribution >= 4 is 27.6 Å². The van der Waals surface area contributed by atoms with Gasteiger partial charge in [0.25, 0.3) is 0 Å². The van der Waals surface area contributed by atoms with Gasteiger partial charge in [-0.3, -0.25) is 9.29 Å². The standard InChI is InChI=1S/C22H28ClN7O5S/c1-13(20-24-10-16(23)11-25-20)15(3)36(31,32)29-22-28-27-21(17-6-5-7-19(26-17)33-4)30(22)14(2)18-12-34-8-9-35-18/h5-7,10-11,13-15,18H,8-9,12H2,1-4H3,(H,28,29)/t13-,14-,15-,18-/m0/s1. The molecular weight excluding hydrogens is 510 g/mol. The summed E-state index contributed by atoms with van der Waals surface area (Å²) in [6.45, 7) is 6.48. The summed E-state index contributed by atoms with van der Waals surface area (Å²) in [5.74, 6) is 0.617. The van der Waals surface area contributed by atoms with Crippen molar-refractivity contribution in [2.75, 3.05) is 31.7 Å². The van der Waals surface area contributed by atoms with Crippen LogP contribution in [0, 0.1) is 0 Å². The predicted octanol–water partition coefficient (Wildman–Crippen LogP) is 2.70. The van der Waals surface area contributed by atoms with E-state index in [1.165, 1.54) is 19.5 Å². The summed E-state index contributed by atoms with van der Waals surface area (Å²) >= 11 is 5.87. The van der Waals surface area contributed by atoms with Gasteiger partial charge in [0.15, 0.2) is 5.82 Å². The molecule has 12 nitrogen and oxygen atoms in total. The van der Waals surface area contributed by atoms with Crippen LogP contribution in [-0.2, 0) is 19.5 Å². The van der Waals surface area contributed by atoms with E-state index in [0.717, 1.165) is 0 Å². The first kappa shape index (κ1) is 26.2. The molecule has 0 bridgehead atoms. The molecule has 1 saturated heterocycles. The lowest BCUT2D eigenvalue weighted by Gasteiger charge is -2.30. The van der Waals surface area contributed by atoms with Gasteiger partial charge in [0.1, 0.15) is 17.6 Å². The number of sulfonamides is 1. The molecule has 0 spiro atoms. The molecule has 3 aromatic rings. The first-order valence-corrected chi connectivity index (χ1v) is 13.3. The van der Waals surface area contributed by atoms with Gasteiger partial charge >= 0.3 is 0 Å². The summed E-state index contributed by atoms with van der Waals surface area (Å²) in [6, 6.07) is 4.84. The monoisotopic (exact) mass is 537 g/mol. The number of hydrogen-bond donors (Lipinski definition) is 1. The van der Waals surface area contributed by atoms with Crippen molar-refractivity contribution in [3.05, 3.63) is 41.4 Å². The maximum Gasteiger partial charge on any atom is 0.238 e. The van der Waals surface area contributed by atoms with E-state index in [-0.39, 0.29) is 18.1 Å². The average Bonchev–Trinajstić information content (AvgIpc) is 3.31. The Labute approximate surface area is 214 Å². The van der Waals surface area contributed by atoms with E-state index >= 15 is 0 Å². The fourth-order valence-corrected chi connectivity index (χ4v) is 5.12. The number of rotatable bonds is 9. The number of aromatic nitrogens is 6. The first-order chi connectivity index (χ1) is 17.2. The molecular formula is C22H28ClN7O5S. The van der Waals surface area contributed by atoms with Crippen molar-refractivity contribution in [1.82, 2.24) is 29.7 Å². The number of ether oxygens (including phenoxy) is 3. The number of hydrogen-bond acceptors (Lipinski definition) is 10. The highest BCUT2D eigenvalue weighted by molar-refractivity contribution is 7.93. The number of nitrogens with zero attached hydrogens (tertiary/aromatic N) is 6. The van der Waals surface area contributed by atoms with Gasteiger partial charge in [-0.05, 0) is 19.9 Å². The molecule has 0 unspecified atom stereocenters. The van der Waals surface area contributed by atoms with Crippen LogP contribution >= 0.6 is 11.6 Å². The molecule has 0 aromatic carbocycles. The third-order valence-corrected chi connectivity index (χ3v) is 8.17. The van der Waals surface area contributed by atoms with E-state index in [9.17, 15) is 8.42 Å². The number of anilines is 1. The molecule has 0 saturated carbocycles. The summed E-state index contributed by atoms with van der Waals surface area (Å²) in [7, 11) is -2.43. The number of halogens is 1. The zero-order valence-electron chi connectivity index (χ0n) is 20.3. The van der Waals surface area contributed by atoms with E-state index in [4.69, 9.17) is 25.8 Å². The lowest BCUT2D eigenvalue weighted by molar-refractivity contribution is -0.104. The summed E-state index contributed by atoms with van der Waals surface area (Å²) in [5, 5.41) is 7.91. The third-order valence-electron chi connectivity index (χ3n) is 6.12. The zero-order chi connectivity index (χ0) is 25.9. The predicted molar refractivity (Wildman–Crippen MR) is 133 cm³/mol. The zero-order valence-corrected chi connectivity index (χ0v) is 21.9. The lowest BCUT2D eigenvalue weighted by Crippen LogP contribution is -2.37. The minimum Gasteiger partial charge on any atom is -0.481 e. The van der Waals surface area contributed by atoms with Gasteiger partial charge in [0.2, 0.25) is 21.9 Å². The molecule has 3 aromatic heterocycles. The van der Waals surface area contributed by atoms with E-state index in [1.807, 2.05) is 6.92 Å². The van der Waals surface area contributed by atoms with Crippen LogP contribution in [0.1, 0.15) is 38.6 Å². The minimum absolute atomic E-state index is 0.0346. The Balaban J connectivity index is 1.69. The SMILES string of the molecule is COc1cccc(-c2nnc(NS(=O)(=O)[C@@H](C)[C@H](C)c3ncc(Cl)cn3)n2[C@@H](C)[C@@H]2COCCO2)n1. The van der Waals surface area contributed by atoms with Crippen molar-refractivity contribution < 1.29 is 22.6 Å². The maximum absolute atomic E-state index is 13.4. The smallest absolute Gasteiger partial charge is 0.238 e. The summed E-state index contributed by atoms with van der Waals surface area (Å²) in [6.07, 6.45) is 2.53. The molecule has 4 atom stereocenters. The summed E-state index contributed by atoms with van der Waals surface area (Å²) < 4.78 is 47.8. The van der Waals surface area contributed by atoms with Crippen LogP contribution in [0.3, 0.4) is 0 Å². The van der Waals surface area contributed by atoms with Crippen molar-refractivity contribution in [2.45, 2.75) is 44.1 Å². The molecule has 1 fully saturated rings. The van der Waals surface area contributed by atoms with Gasteiger partial charge < -0.3 is 14.2 Å². The molecule has 194 valence electrons. The van der Waals surface area contributed by atoms with Gasteiger partial charge in [-0.25, -0.2) is 23.4 Å². The Hall–Kier alpha value is -2.87. The summed E-state index contributed by atoms with van der Waals surface area (Å²) in [5.41, 5.74) is 0.465. The lowest BCUT2D eigenvalue weighted by atomic mass is 10.1. The van der Waals surface area contributed by atoms with Crippen LogP contribution < -0.4 is 9.46 Å². The molecule has 0 radical (unpaired) electrons. The minimum atomic E-state index is -3.94. The van der Waals surface area contributed by atoms with Crippen LogP contribution in [0.15, 0.2) is 30.6 Å². The molecule has 0 amide bonds. The highest BCUT2D eigenvalue weighted by Gasteiger charge is 2.34. The second kappa shape index (κ2) is 11.0. The molecule has 4 heterocycles. The second-order valence-electron chi connectivity index (χ2n) is 8.41. The van der Waals surface area contributed by atoms with Crippen LogP contribution in [-0.4, -0.2) is 76.4 Å². The number of methoxy groups -OCH3 is 1.